The van der Waals surface area contributed by atoms with Crippen LogP contribution in [0.2, 0.25) is 0 Å². The van der Waals surface area contributed by atoms with Crippen molar-refractivity contribution in [3.05, 3.63) is 58.3 Å². The van der Waals surface area contributed by atoms with E-state index in [1.807, 2.05) is 12.3 Å². The van der Waals surface area contributed by atoms with Crippen LogP contribution in [0.4, 0.5) is 5.69 Å². The Morgan fingerprint density at radius 1 is 1.23 bits per heavy atom. The molecule has 112 valence electrons. The molecule has 4 rings (SSSR count). The van der Waals surface area contributed by atoms with Crippen LogP contribution < -0.4 is 0 Å². The summed E-state index contributed by atoms with van der Waals surface area (Å²) in [6.45, 7) is 2.28. The zero-order valence-electron chi connectivity index (χ0n) is 12.4. The predicted molar refractivity (Wildman–Crippen MR) is 91.3 cm³/mol. The fourth-order valence-corrected chi connectivity index (χ4v) is 3.52. The third-order valence-corrected chi connectivity index (χ3v) is 4.84. The third kappa shape index (κ3) is 2.25. The quantitative estimate of drug-likeness (QED) is 0.824. The van der Waals surface area contributed by atoms with Gasteiger partial charge in [0.25, 0.3) is 0 Å². The van der Waals surface area contributed by atoms with Gasteiger partial charge in [-0.05, 0) is 36.8 Å². The summed E-state index contributed by atoms with van der Waals surface area (Å²) in [7, 11) is 2.12. The monoisotopic (exact) mass is 356 g/mol. The molecule has 1 unspecified atom stereocenters. The molecular formula is C17H17BrN4. The second-order valence-electron chi connectivity index (χ2n) is 5.75. The van der Waals surface area contributed by atoms with Crippen LogP contribution in [-0.2, 0) is 0 Å². The maximum Gasteiger partial charge on any atom is 0.139 e. The van der Waals surface area contributed by atoms with E-state index < -0.39 is 0 Å². The molecule has 0 aliphatic carbocycles. The van der Waals surface area contributed by atoms with Gasteiger partial charge < -0.3 is 4.90 Å². The molecule has 0 bridgehead atoms. The van der Waals surface area contributed by atoms with Crippen LogP contribution in [0, 0.1) is 0 Å². The first-order chi connectivity index (χ1) is 10.7. The van der Waals surface area contributed by atoms with Gasteiger partial charge in [-0.25, -0.2) is 4.99 Å². The second kappa shape index (κ2) is 5.48. The van der Waals surface area contributed by atoms with E-state index in [4.69, 9.17) is 4.99 Å². The molecule has 1 fully saturated rings. The lowest BCUT2D eigenvalue weighted by atomic mass is 10.0. The summed E-state index contributed by atoms with van der Waals surface area (Å²) in [4.78, 5) is 13.9. The highest BCUT2D eigenvalue weighted by atomic mass is 79.9. The van der Waals surface area contributed by atoms with Crippen molar-refractivity contribution in [2.24, 2.45) is 4.99 Å². The molecule has 1 aromatic carbocycles. The topological polar surface area (TPSA) is 31.7 Å². The molecule has 3 heterocycles. The zero-order chi connectivity index (χ0) is 15.1. The maximum absolute atomic E-state index is 4.88. The Morgan fingerprint density at radius 3 is 2.77 bits per heavy atom. The van der Waals surface area contributed by atoms with E-state index >= 15 is 0 Å². The molecule has 2 aromatic rings. The van der Waals surface area contributed by atoms with Crippen molar-refractivity contribution < 1.29 is 0 Å². The fraction of sp³-hybridized carbons (Fsp3) is 0.294. The Balaban J connectivity index is 1.85. The Morgan fingerprint density at radius 2 is 2.09 bits per heavy atom. The molecule has 2 aliphatic rings. The van der Waals surface area contributed by atoms with Crippen molar-refractivity contribution >= 4 is 27.5 Å². The summed E-state index contributed by atoms with van der Waals surface area (Å²) in [5.74, 6) is 0.986. The SMILES string of the molecule is CN1C(c2cccnc2)=Nc2ccc(Br)cc2C1N1CCC1. The lowest BCUT2D eigenvalue weighted by Crippen LogP contribution is -2.50. The minimum absolute atomic E-state index is 0.244. The third-order valence-electron chi connectivity index (χ3n) is 4.35. The average molecular weight is 357 g/mol. The van der Waals surface area contributed by atoms with Crippen LogP contribution in [0.3, 0.4) is 0 Å². The maximum atomic E-state index is 4.88. The van der Waals surface area contributed by atoms with Gasteiger partial charge in [0.15, 0.2) is 0 Å². The van der Waals surface area contributed by atoms with E-state index in [1.54, 1.807) is 6.20 Å². The van der Waals surface area contributed by atoms with Crippen molar-refractivity contribution in [3.8, 4) is 0 Å². The van der Waals surface area contributed by atoms with E-state index in [0.717, 1.165) is 34.6 Å². The largest absolute Gasteiger partial charge is 0.339 e. The highest BCUT2D eigenvalue weighted by molar-refractivity contribution is 9.10. The highest BCUT2D eigenvalue weighted by Gasteiger charge is 2.35. The van der Waals surface area contributed by atoms with Crippen LogP contribution >= 0.6 is 15.9 Å². The van der Waals surface area contributed by atoms with Gasteiger partial charge in [-0.3, -0.25) is 9.88 Å². The van der Waals surface area contributed by atoms with E-state index in [1.165, 1.54) is 12.0 Å². The van der Waals surface area contributed by atoms with Crippen molar-refractivity contribution in [1.29, 1.82) is 0 Å². The number of benzene rings is 1. The van der Waals surface area contributed by atoms with Crippen LogP contribution in [0.15, 0.2) is 52.2 Å². The minimum atomic E-state index is 0.244. The number of hydrogen-bond donors (Lipinski definition) is 0. The number of aromatic nitrogens is 1. The van der Waals surface area contributed by atoms with Gasteiger partial charge in [0.2, 0.25) is 0 Å². The van der Waals surface area contributed by atoms with E-state index in [-0.39, 0.29) is 6.17 Å². The van der Waals surface area contributed by atoms with Gasteiger partial charge >= 0.3 is 0 Å². The summed E-state index contributed by atoms with van der Waals surface area (Å²) in [5.41, 5.74) is 3.38. The number of pyridine rings is 1. The molecular weight excluding hydrogens is 340 g/mol. The van der Waals surface area contributed by atoms with Gasteiger partial charge in [-0.2, -0.15) is 0 Å². The summed E-state index contributed by atoms with van der Waals surface area (Å²) >= 11 is 3.59. The number of nitrogens with zero attached hydrogens (tertiary/aromatic N) is 4. The molecule has 5 heteroatoms. The van der Waals surface area contributed by atoms with Gasteiger partial charge in [0.05, 0.1) is 5.69 Å². The molecule has 1 saturated heterocycles. The van der Waals surface area contributed by atoms with Crippen molar-refractivity contribution in [1.82, 2.24) is 14.8 Å². The standard InChI is InChI=1S/C17H17BrN4/c1-21-16(12-4-2-7-19-11-12)20-15-6-5-13(18)10-14(15)17(21)22-8-3-9-22/h2,4-7,10-11,17H,3,8-9H2,1H3. The lowest BCUT2D eigenvalue weighted by Gasteiger charge is -2.46. The first-order valence-corrected chi connectivity index (χ1v) is 8.29. The Hall–Kier alpha value is -1.72. The molecule has 0 spiro atoms. The Kier molecular flexibility index (Phi) is 3.47. The predicted octanol–water partition coefficient (Wildman–Crippen LogP) is 3.57. The fourth-order valence-electron chi connectivity index (χ4n) is 3.14. The van der Waals surface area contributed by atoms with Gasteiger partial charge in [-0.15, -0.1) is 0 Å². The summed E-state index contributed by atoms with van der Waals surface area (Å²) in [6.07, 6.45) is 5.19. The molecule has 2 aliphatic heterocycles. The molecule has 1 aromatic heterocycles. The number of fused-ring (bicyclic) bond motifs is 1. The second-order valence-corrected chi connectivity index (χ2v) is 6.67. The van der Waals surface area contributed by atoms with Gasteiger partial charge in [0.1, 0.15) is 12.0 Å². The smallest absolute Gasteiger partial charge is 0.139 e. The van der Waals surface area contributed by atoms with Crippen molar-refractivity contribution in [2.45, 2.75) is 12.6 Å². The van der Waals surface area contributed by atoms with E-state index in [9.17, 15) is 0 Å². The number of halogens is 1. The molecule has 0 radical (unpaired) electrons. The normalized spacial score (nSPS) is 21.1. The number of hydrogen-bond acceptors (Lipinski definition) is 4. The molecule has 1 atom stereocenters. The highest BCUT2D eigenvalue weighted by Crippen LogP contribution is 2.40. The molecule has 22 heavy (non-hydrogen) atoms. The van der Waals surface area contributed by atoms with Gasteiger partial charge in [0, 0.05) is 48.1 Å². The average Bonchev–Trinajstić information content (AvgIpc) is 2.49. The number of amidine groups is 1. The molecule has 0 N–H and O–H groups in total. The van der Waals surface area contributed by atoms with Crippen molar-refractivity contribution in [3.63, 3.8) is 0 Å². The van der Waals surface area contributed by atoms with Crippen LogP contribution in [0.1, 0.15) is 23.7 Å². The van der Waals surface area contributed by atoms with E-state index in [2.05, 4.69) is 62.0 Å². The first kappa shape index (κ1) is 13.9. The number of rotatable bonds is 2. The summed E-state index contributed by atoms with van der Waals surface area (Å²) in [5, 5.41) is 0. The lowest BCUT2D eigenvalue weighted by molar-refractivity contribution is 0.0481. The molecule has 0 saturated carbocycles. The molecule has 4 nitrogen and oxygen atoms in total. The summed E-state index contributed by atoms with van der Waals surface area (Å²) in [6, 6.07) is 10.4. The van der Waals surface area contributed by atoms with Crippen LogP contribution in [-0.4, -0.2) is 40.8 Å². The van der Waals surface area contributed by atoms with Crippen LogP contribution in [0.25, 0.3) is 0 Å². The Bertz CT molecular complexity index is 725. The summed E-state index contributed by atoms with van der Waals surface area (Å²) < 4.78 is 1.10. The van der Waals surface area contributed by atoms with E-state index in [0.29, 0.717) is 0 Å². The minimum Gasteiger partial charge on any atom is -0.339 e. The first-order valence-electron chi connectivity index (χ1n) is 7.49. The Labute approximate surface area is 138 Å². The van der Waals surface area contributed by atoms with Crippen LogP contribution in [0.5, 0.6) is 0 Å². The number of aliphatic imine (C=N–C) groups is 1. The van der Waals surface area contributed by atoms with Crippen molar-refractivity contribution in [2.75, 3.05) is 20.1 Å². The number of likely N-dealkylation sites (tertiary alicyclic amines) is 1. The van der Waals surface area contributed by atoms with Gasteiger partial charge in [-0.1, -0.05) is 15.9 Å². The zero-order valence-corrected chi connectivity index (χ0v) is 14.0. The molecule has 0 amide bonds.